The highest BCUT2D eigenvalue weighted by molar-refractivity contribution is 8.16. The minimum absolute atomic E-state index is 0.696. The molecule has 0 spiro atoms. The van der Waals surface area contributed by atoms with E-state index >= 15 is 0 Å². The van der Waals surface area contributed by atoms with Crippen molar-refractivity contribution in [2.75, 3.05) is 0 Å². The molecule has 0 saturated heterocycles. The summed E-state index contributed by atoms with van der Waals surface area (Å²) in [5, 5.41) is 0.922. The van der Waals surface area contributed by atoms with Gasteiger partial charge in [0.05, 0.1) is 0 Å². The van der Waals surface area contributed by atoms with Crippen LogP contribution in [0.3, 0.4) is 0 Å². The van der Waals surface area contributed by atoms with Gasteiger partial charge in [0, 0.05) is 28.5 Å². The Bertz CT molecular complexity index is 372. The Kier molecular flexibility index (Phi) is 2.83. The second-order valence-electron chi connectivity index (χ2n) is 2.06. The zero-order chi connectivity index (χ0) is 9.03. The first-order valence-electron chi connectivity index (χ1n) is 3.11. The van der Waals surface area contributed by atoms with Gasteiger partial charge < -0.3 is 0 Å². The van der Waals surface area contributed by atoms with Crippen molar-refractivity contribution < 1.29 is 8.42 Å². The van der Waals surface area contributed by atoms with Crippen LogP contribution in [0.25, 0.3) is 6.08 Å². The smallest absolute Gasteiger partial charge is 0.254 e. The number of hydrogen-bond acceptors (Lipinski definition) is 3. The van der Waals surface area contributed by atoms with E-state index < -0.39 is 9.05 Å². The van der Waals surface area contributed by atoms with E-state index in [-0.39, 0.29) is 0 Å². The van der Waals surface area contributed by atoms with Gasteiger partial charge in [-0.15, -0.1) is 0 Å². The molecule has 0 aliphatic carbocycles. The van der Waals surface area contributed by atoms with Crippen LogP contribution >= 0.6 is 10.7 Å². The Morgan fingerprint density at radius 3 is 2.75 bits per heavy atom. The number of pyridine rings is 1. The van der Waals surface area contributed by atoms with Crippen LogP contribution in [-0.2, 0) is 9.05 Å². The second-order valence-corrected chi connectivity index (χ2v) is 4.58. The van der Waals surface area contributed by atoms with Crippen LogP contribution in [0, 0.1) is 0 Å². The van der Waals surface area contributed by atoms with Crippen molar-refractivity contribution in [3.63, 3.8) is 0 Å². The molecule has 0 aliphatic heterocycles. The van der Waals surface area contributed by atoms with Crippen molar-refractivity contribution in [2.45, 2.75) is 0 Å². The van der Waals surface area contributed by atoms with E-state index in [1.165, 1.54) is 6.08 Å². The lowest BCUT2D eigenvalue weighted by atomic mass is 10.3. The van der Waals surface area contributed by atoms with E-state index in [9.17, 15) is 8.42 Å². The number of halogens is 1. The van der Waals surface area contributed by atoms with Gasteiger partial charge in [-0.1, -0.05) is 6.07 Å². The molecule has 0 N–H and O–H groups in total. The van der Waals surface area contributed by atoms with Crippen molar-refractivity contribution in [1.29, 1.82) is 0 Å². The summed E-state index contributed by atoms with van der Waals surface area (Å²) in [6.07, 6.45) is 4.53. The highest BCUT2D eigenvalue weighted by Gasteiger charge is 1.95. The Hall–Kier alpha value is -0.870. The van der Waals surface area contributed by atoms with Crippen molar-refractivity contribution in [3.8, 4) is 0 Å². The molecule has 3 nitrogen and oxygen atoms in total. The third-order valence-corrected chi connectivity index (χ3v) is 1.88. The molecule has 0 atom stereocenters. The molecule has 0 amide bonds. The van der Waals surface area contributed by atoms with Gasteiger partial charge in [-0.05, 0) is 17.7 Å². The number of rotatable bonds is 2. The average Bonchev–Trinajstić information content (AvgIpc) is 2.02. The van der Waals surface area contributed by atoms with Crippen LogP contribution in [-0.4, -0.2) is 13.4 Å². The lowest BCUT2D eigenvalue weighted by molar-refractivity contribution is 0.617. The maximum absolute atomic E-state index is 10.5. The molecular formula is C7H6ClNO2S. The van der Waals surface area contributed by atoms with Gasteiger partial charge >= 0.3 is 0 Å². The van der Waals surface area contributed by atoms with Gasteiger partial charge in [-0.25, -0.2) is 8.42 Å². The molecule has 0 aliphatic rings. The normalized spacial score (nSPS) is 12.1. The topological polar surface area (TPSA) is 47.0 Å². The Morgan fingerprint density at radius 1 is 1.50 bits per heavy atom. The lowest BCUT2D eigenvalue weighted by Gasteiger charge is -1.88. The molecular weight excluding hydrogens is 198 g/mol. The molecule has 0 aromatic carbocycles. The Labute approximate surface area is 75.1 Å². The fraction of sp³-hybridized carbons (Fsp3) is 0. The summed E-state index contributed by atoms with van der Waals surface area (Å²) in [6, 6.07) is 3.44. The van der Waals surface area contributed by atoms with Crippen molar-refractivity contribution >= 4 is 25.8 Å². The molecule has 64 valence electrons. The summed E-state index contributed by atoms with van der Waals surface area (Å²) in [7, 11) is 1.39. The molecule has 1 aromatic heterocycles. The molecule has 0 fully saturated rings. The van der Waals surface area contributed by atoms with Gasteiger partial charge in [0.1, 0.15) is 0 Å². The van der Waals surface area contributed by atoms with Crippen LogP contribution in [0.2, 0.25) is 0 Å². The average molecular weight is 204 g/mol. The first-order chi connectivity index (χ1) is 5.58. The number of hydrogen-bond donors (Lipinski definition) is 0. The van der Waals surface area contributed by atoms with Crippen LogP contribution in [0.15, 0.2) is 29.9 Å². The predicted molar refractivity (Wildman–Crippen MR) is 48.0 cm³/mol. The second kappa shape index (κ2) is 3.69. The maximum atomic E-state index is 10.5. The van der Waals surface area contributed by atoms with Crippen LogP contribution in [0.4, 0.5) is 0 Å². The van der Waals surface area contributed by atoms with Crippen molar-refractivity contribution in [1.82, 2.24) is 4.98 Å². The van der Waals surface area contributed by atoms with Gasteiger partial charge in [0.15, 0.2) is 0 Å². The number of nitrogens with zero attached hydrogens (tertiary/aromatic N) is 1. The third-order valence-electron chi connectivity index (χ3n) is 1.11. The first kappa shape index (κ1) is 9.22. The van der Waals surface area contributed by atoms with Gasteiger partial charge in [0.2, 0.25) is 0 Å². The highest BCUT2D eigenvalue weighted by Crippen LogP contribution is 2.04. The summed E-state index contributed by atoms with van der Waals surface area (Å²) < 4.78 is 20.9. The van der Waals surface area contributed by atoms with E-state index in [2.05, 4.69) is 4.98 Å². The van der Waals surface area contributed by atoms with Crippen LogP contribution in [0.1, 0.15) is 5.56 Å². The predicted octanol–water partition coefficient (Wildman–Crippen LogP) is 1.62. The number of aromatic nitrogens is 1. The summed E-state index contributed by atoms with van der Waals surface area (Å²) in [5.74, 6) is 0. The van der Waals surface area contributed by atoms with E-state index in [0.29, 0.717) is 5.56 Å². The molecule has 5 heteroatoms. The van der Waals surface area contributed by atoms with Crippen molar-refractivity contribution in [3.05, 3.63) is 35.5 Å². The summed E-state index contributed by atoms with van der Waals surface area (Å²) in [4.78, 5) is 3.80. The van der Waals surface area contributed by atoms with E-state index in [0.717, 1.165) is 5.41 Å². The summed E-state index contributed by atoms with van der Waals surface area (Å²) >= 11 is 0. The third kappa shape index (κ3) is 3.50. The summed E-state index contributed by atoms with van der Waals surface area (Å²) in [6.45, 7) is 0. The van der Waals surface area contributed by atoms with Gasteiger partial charge in [-0.2, -0.15) is 0 Å². The minimum atomic E-state index is -3.56. The Balaban J connectivity index is 2.85. The van der Waals surface area contributed by atoms with Crippen LogP contribution < -0.4 is 0 Å². The molecule has 1 heterocycles. The minimum Gasteiger partial charge on any atom is -0.264 e. The van der Waals surface area contributed by atoms with E-state index in [4.69, 9.17) is 10.7 Å². The zero-order valence-corrected chi connectivity index (χ0v) is 7.59. The van der Waals surface area contributed by atoms with E-state index in [1.54, 1.807) is 24.5 Å². The monoisotopic (exact) mass is 203 g/mol. The SMILES string of the molecule is O=S(=O)(Cl)C=Cc1cccnc1. The van der Waals surface area contributed by atoms with E-state index in [1.807, 2.05) is 0 Å². The van der Waals surface area contributed by atoms with Gasteiger partial charge in [-0.3, -0.25) is 4.98 Å². The maximum Gasteiger partial charge on any atom is 0.254 e. The molecule has 1 aromatic rings. The van der Waals surface area contributed by atoms with Crippen molar-refractivity contribution in [2.24, 2.45) is 0 Å². The first-order valence-corrected chi connectivity index (χ1v) is 5.48. The quantitative estimate of drug-likeness (QED) is 0.687. The standard InChI is InChI=1S/C7H6ClNO2S/c8-12(10,11)5-3-7-2-1-4-9-6-7/h1-6H. The summed E-state index contributed by atoms with van der Waals surface area (Å²) in [5.41, 5.74) is 0.696. The molecule has 1 rings (SSSR count). The van der Waals surface area contributed by atoms with Gasteiger partial charge in [0.25, 0.3) is 9.05 Å². The molecule has 12 heavy (non-hydrogen) atoms. The largest absolute Gasteiger partial charge is 0.264 e. The highest BCUT2D eigenvalue weighted by atomic mass is 35.7. The molecule has 0 saturated carbocycles. The Morgan fingerprint density at radius 2 is 2.25 bits per heavy atom. The fourth-order valence-corrected chi connectivity index (χ4v) is 1.11. The zero-order valence-electron chi connectivity index (χ0n) is 6.01. The molecule has 0 radical (unpaired) electrons. The molecule has 0 unspecified atom stereocenters. The lowest BCUT2D eigenvalue weighted by Crippen LogP contribution is -1.79. The molecule has 0 bridgehead atoms. The van der Waals surface area contributed by atoms with Crippen LogP contribution in [0.5, 0.6) is 0 Å². The fourth-order valence-electron chi connectivity index (χ4n) is 0.634.